The van der Waals surface area contributed by atoms with Gasteiger partial charge in [-0.25, -0.2) is 13.6 Å². The van der Waals surface area contributed by atoms with E-state index in [2.05, 4.69) is 5.32 Å². The molecule has 0 spiro atoms. The number of nitrogens with one attached hydrogen (secondary N) is 1. The second kappa shape index (κ2) is 8.55. The molecule has 1 N–H and O–H groups in total. The van der Waals surface area contributed by atoms with Gasteiger partial charge in [0, 0.05) is 39.0 Å². The maximum atomic E-state index is 15.2. The summed E-state index contributed by atoms with van der Waals surface area (Å²) in [6.45, 7) is 1.31. The van der Waals surface area contributed by atoms with Crippen LogP contribution in [0.15, 0.2) is 18.2 Å². The molecule has 10 heteroatoms. The zero-order chi connectivity index (χ0) is 21.3. The topological polar surface area (TPSA) is 71.1 Å². The molecule has 3 aliphatic heterocycles. The molecule has 0 unspecified atom stereocenters. The van der Waals surface area contributed by atoms with E-state index in [1.165, 1.54) is 12.1 Å². The molecule has 0 saturated carbocycles. The van der Waals surface area contributed by atoms with Crippen LogP contribution in [0.1, 0.15) is 19.3 Å². The van der Waals surface area contributed by atoms with Gasteiger partial charge in [0.05, 0.1) is 17.2 Å². The van der Waals surface area contributed by atoms with Crippen molar-refractivity contribution in [2.45, 2.75) is 37.1 Å². The first-order valence-electron chi connectivity index (χ1n) is 10.0. The number of hydrogen-bond acceptors (Lipinski definition) is 4. The van der Waals surface area contributed by atoms with Crippen LogP contribution < -0.4 is 10.1 Å². The number of nitrogens with zero attached hydrogens (tertiary/aromatic N) is 2. The van der Waals surface area contributed by atoms with Gasteiger partial charge < -0.3 is 24.6 Å². The number of rotatable bonds is 3. The van der Waals surface area contributed by atoms with Gasteiger partial charge in [0.15, 0.2) is 0 Å². The third kappa shape index (κ3) is 4.62. The summed E-state index contributed by atoms with van der Waals surface area (Å²) in [5.74, 6) is -0.433. The van der Waals surface area contributed by atoms with Crippen LogP contribution in [0, 0.1) is 5.82 Å². The van der Waals surface area contributed by atoms with E-state index in [-0.39, 0.29) is 74.0 Å². The summed E-state index contributed by atoms with van der Waals surface area (Å²) in [5.41, 5.74) is -1.59. The Hall–Kier alpha value is -2.13. The van der Waals surface area contributed by atoms with E-state index in [4.69, 9.17) is 21.1 Å². The fraction of sp³-hybridized carbons (Fsp3) is 0.600. The van der Waals surface area contributed by atoms with Gasteiger partial charge >= 0.3 is 6.03 Å². The largest absolute Gasteiger partial charge is 0.489 e. The third-order valence-corrected chi connectivity index (χ3v) is 6.20. The summed E-state index contributed by atoms with van der Waals surface area (Å²) in [4.78, 5) is 27.7. The first kappa shape index (κ1) is 21.1. The van der Waals surface area contributed by atoms with Crippen LogP contribution in [0.2, 0.25) is 5.02 Å². The molecular formula is C20H24ClF2N3O4. The highest BCUT2D eigenvalue weighted by molar-refractivity contribution is 6.32. The maximum absolute atomic E-state index is 15.2. The van der Waals surface area contributed by atoms with E-state index in [0.29, 0.717) is 19.5 Å². The van der Waals surface area contributed by atoms with Gasteiger partial charge in [-0.2, -0.15) is 0 Å². The van der Waals surface area contributed by atoms with E-state index in [1.807, 2.05) is 0 Å². The lowest BCUT2D eigenvalue weighted by Crippen LogP contribution is -2.63. The number of hydrogen-bond donors (Lipinski definition) is 1. The highest BCUT2D eigenvalue weighted by atomic mass is 35.5. The number of halogens is 3. The second-order valence-corrected chi connectivity index (χ2v) is 8.45. The van der Waals surface area contributed by atoms with Crippen LogP contribution in [-0.2, 0) is 9.53 Å². The zero-order valence-corrected chi connectivity index (χ0v) is 17.2. The summed E-state index contributed by atoms with van der Waals surface area (Å²) < 4.78 is 39.3. The fourth-order valence-corrected chi connectivity index (χ4v) is 4.34. The van der Waals surface area contributed by atoms with Crippen molar-refractivity contribution in [2.24, 2.45) is 0 Å². The van der Waals surface area contributed by atoms with Gasteiger partial charge in [0.2, 0.25) is 5.91 Å². The van der Waals surface area contributed by atoms with Crippen molar-refractivity contribution in [1.82, 2.24) is 15.1 Å². The normalized spacial score (nSPS) is 26.0. The zero-order valence-electron chi connectivity index (χ0n) is 16.4. The maximum Gasteiger partial charge on any atom is 0.320 e. The van der Waals surface area contributed by atoms with Crippen LogP contribution in [-0.4, -0.2) is 78.9 Å². The molecular weight excluding hydrogens is 420 g/mol. The Bertz CT molecular complexity index is 819. The predicted octanol–water partition coefficient (Wildman–Crippen LogP) is 2.37. The van der Waals surface area contributed by atoms with Gasteiger partial charge in [0.1, 0.15) is 30.4 Å². The first-order valence-corrected chi connectivity index (χ1v) is 10.4. The number of ether oxygens (including phenoxy) is 2. The van der Waals surface area contributed by atoms with Crippen LogP contribution in [0.25, 0.3) is 0 Å². The Morgan fingerprint density at radius 2 is 2.07 bits per heavy atom. The molecule has 7 nitrogen and oxygen atoms in total. The number of alkyl halides is 1. The van der Waals surface area contributed by atoms with E-state index < -0.39 is 11.5 Å². The number of carbonyl (C=O) groups excluding carboxylic acids is 2. The minimum absolute atomic E-state index is 0.0605. The average molecular weight is 444 g/mol. The molecule has 0 aromatic heterocycles. The Morgan fingerprint density at radius 3 is 2.80 bits per heavy atom. The summed E-state index contributed by atoms with van der Waals surface area (Å²) in [6.07, 6.45) is 0.861. The lowest BCUT2D eigenvalue weighted by atomic mass is 9.94. The minimum atomic E-state index is -1.59. The lowest BCUT2D eigenvalue weighted by molar-refractivity contribution is -0.139. The molecule has 1 aromatic carbocycles. The van der Waals surface area contributed by atoms with E-state index in [1.54, 1.807) is 9.80 Å². The highest BCUT2D eigenvalue weighted by Crippen LogP contribution is 2.31. The molecule has 2 atom stereocenters. The van der Waals surface area contributed by atoms with Gasteiger partial charge in [0.25, 0.3) is 0 Å². The summed E-state index contributed by atoms with van der Waals surface area (Å²) in [7, 11) is 0. The molecule has 3 saturated heterocycles. The van der Waals surface area contributed by atoms with Crippen LogP contribution in [0.5, 0.6) is 5.75 Å². The third-order valence-electron chi connectivity index (χ3n) is 5.91. The number of fused-ring (bicyclic) bond motifs is 1. The molecule has 0 radical (unpaired) electrons. The Morgan fingerprint density at radius 1 is 1.30 bits per heavy atom. The molecule has 3 aliphatic rings. The number of piperidine rings is 2. The van der Waals surface area contributed by atoms with Crippen molar-refractivity contribution >= 4 is 23.5 Å². The number of morpholine rings is 1. The quantitative estimate of drug-likeness (QED) is 0.778. The van der Waals surface area contributed by atoms with Crippen molar-refractivity contribution in [3.8, 4) is 5.75 Å². The van der Waals surface area contributed by atoms with Crippen LogP contribution in [0.4, 0.5) is 13.6 Å². The second-order valence-electron chi connectivity index (χ2n) is 8.04. The van der Waals surface area contributed by atoms with E-state index in [9.17, 15) is 14.0 Å². The van der Waals surface area contributed by atoms with Crippen LogP contribution in [0.3, 0.4) is 0 Å². The summed E-state index contributed by atoms with van der Waals surface area (Å²) in [6, 6.07) is 3.33. The van der Waals surface area contributed by atoms with Crippen molar-refractivity contribution in [3.05, 3.63) is 29.0 Å². The Labute approximate surface area is 178 Å². The Balaban J connectivity index is 1.28. The molecule has 3 fully saturated rings. The van der Waals surface area contributed by atoms with Crippen molar-refractivity contribution in [3.63, 3.8) is 0 Å². The van der Waals surface area contributed by atoms with E-state index in [0.717, 1.165) is 6.07 Å². The fourth-order valence-electron chi connectivity index (χ4n) is 4.12. The molecule has 0 aliphatic carbocycles. The average Bonchev–Trinajstić information content (AvgIpc) is 2.72. The van der Waals surface area contributed by atoms with Crippen LogP contribution >= 0.6 is 11.6 Å². The SMILES string of the molecule is O=C1CO[C@H]2CCN(C(=O)N3CCC(F)(COc4ccc(F)cc4Cl)CC3)C[C@H]2N1. The van der Waals surface area contributed by atoms with Crippen molar-refractivity contribution in [2.75, 3.05) is 39.4 Å². The monoisotopic (exact) mass is 443 g/mol. The molecule has 1 aromatic rings. The number of benzene rings is 1. The number of amides is 3. The number of urea groups is 1. The molecule has 4 rings (SSSR count). The lowest BCUT2D eigenvalue weighted by Gasteiger charge is -2.44. The standard InChI is InChI=1S/C20H24ClF2N3O4/c21-14-9-13(22)1-2-16(14)30-12-20(23)4-7-25(8-5-20)19(28)26-6-3-17-15(10-26)24-18(27)11-29-17/h1-2,9,15,17H,3-8,10-12H2,(H,24,27)/t15-,17+/m1/s1. The number of likely N-dealkylation sites (tertiary alicyclic amines) is 2. The first-order chi connectivity index (χ1) is 14.3. The smallest absolute Gasteiger partial charge is 0.320 e. The highest BCUT2D eigenvalue weighted by Gasteiger charge is 2.41. The Kier molecular flexibility index (Phi) is 6.02. The van der Waals surface area contributed by atoms with E-state index >= 15 is 4.39 Å². The van der Waals surface area contributed by atoms with Crippen molar-refractivity contribution in [1.29, 1.82) is 0 Å². The van der Waals surface area contributed by atoms with Gasteiger partial charge in [-0.05, 0) is 24.6 Å². The predicted molar refractivity (Wildman–Crippen MR) is 105 cm³/mol. The molecule has 3 heterocycles. The molecule has 164 valence electrons. The molecule has 3 amide bonds. The number of carbonyl (C=O) groups is 2. The molecule has 30 heavy (non-hydrogen) atoms. The van der Waals surface area contributed by atoms with Gasteiger partial charge in [-0.15, -0.1) is 0 Å². The molecule has 0 bridgehead atoms. The summed E-state index contributed by atoms with van der Waals surface area (Å²) >= 11 is 5.92. The van der Waals surface area contributed by atoms with Gasteiger partial charge in [-0.1, -0.05) is 11.6 Å². The van der Waals surface area contributed by atoms with Gasteiger partial charge in [-0.3, -0.25) is 4.79 Å². The van der Waals surface area contributed by atoms with Crippen molar-refractivity contribution < 1.29 is 27.8 Å². The summed E-state index contributed by atoms with van der Waals surface area (Å²) in [5, 5.41) is 2.96. The minimum Gasteiger partial charge on any atom is -0.489 e.